The highest BCUT2D eigenvalue weighted by Gasteiger charge is 2.35. The van der Waals surface area contributed by atoms with E-state index in [1.165, 1.54) is 19.2 Å². The number of ether oxygens (including phenoxy) is 1. The van der Waals surface area contributed by atoms with Gasteiger partial charge in [-0.25, -0.2) is 4.98 Å². The van der Waals surface area contributed by atoms with Gasteiger partial charge in [0.2, 0.25) is 5.95 Å². The van der Waals surface area contributed by atoms with Crippen LogP contribution in [0.15, 0.2) is 47.1 Å². The van der Waals surface area contributed by atoms with Crippen LogP contribution in [-0.4, -0.2) is 29.5 Å². The minimum atomic E-state index is -4.70. The smallest absolute Gasteiger partial charge is 0.421 e. The lowest BCUT2D eigenvalue weighted by atomic mass is 10.1. The molecule has 0 unspecified atom stereocenters. The highest BCUT2D eigenvalue weighted by Crippen LogP contribution is 2.40. The van der Waals surface area contributed by atoms with Gasteiger partial charge < -0.3 is 20.7 Å². The Labute approximate surface area is 189 Å². The first-order chi connectivity index (χ1) is 15.3. The number of hydrogen-bond donors (Lipinski definition) is 3. The van der Waals surface area contributed by atoms with Gasteiger partial charge in [0.15, 0.2) is 0 Å². The number of rotatable bonds is 5. The third-order valence-electron chi connectivity index (χ3n) is 4.79. The zero-order valence-electron chi connectivity index (χ0n) is 16.7. The Morgan fingerprint density at radius 2 is 1.91 bits per heavy atom. The molecule has 1 aromatic heterocycles. The molecule has 2 heterocycles. The number of aromatic nitrogens is 2. The van der Waals surface area contributed by atoms with Crippen molar-refractivity contribution in [2.24, 2.45) is 0 Å². The van der Waals surface area contributed by atoms with Gasteiger partial charge in [0.1, 0.15) is 17.1 Å². The molecule has 3 N–H and O–H groups in total. The zero-order valence-corrected chi connectivity index (χ0v) is 18.3. The molecule has 2 aromatic carbocycles. The Morgan fingerprint density at radius 3 is 2.66 bits per heavy atom. The van der Waals surface area contributed by atoms with E-state index in [0.717, 1.165) is 10.0 Å². The minimum absolute atomic E-state index is 0.0575. The van der Waals surface area contributed by atoms with Crippen LogP contribution in [0.1, 0.15) is 21.5 Å². The quantitative estimate of drug-likeness (QED) is 0.448. The normalized spacial score (nSPS) is 12.7. The fourth-order valence-electron chi connectivity index (χ4n) is 3.27. The molecule has 0 aliphatic carbocycles. The molecule has 7 nitrogen and oxygen atoms in total. The van der Waals surface area contributed by atoms with Gasteiger partial charge in [0, 0.05) is 29.7 Å². The van der Waals surface area contributed by atoms with Crippen LogP contribution < -0.4 is 20.7 Å². The average Bonchev–Trinajstić information content (AvgIpc) is 3.26. The molecular formula is C21H17BrF3N5O2. The van der Waals surface area contributed by atoms with Crippen LogP contribution in [0.4, 0.5) is 36.3 Å². The van der Waals surface area contributed by atoms with Crippen LogP contribution in [0.3, 0.4) is 0 Å². The predicted molar refractivity (Wildman–Crippen MR) is 117 cm³/mol. The van der Waals surface area contributed by atoms with Gasteiger partial charge in [0.05, 0.1) is 23.5 Å². The predicted octanol–water partition coefficient (Wildman–Crippen LogP) is 5.04. The van der Waals surface area contributed by atoms with Gasteiger partial charge in [0.25, 0.3) is 5.91 Å². The van der Waals surface area contributed by atoms with Gasteiger partial charge >= 0.3 is 6.18 Å². The topological polar surface area (TPSA) is 88.2 Å². The van der Waals surface area contributed by atoms with E-state index in [1.807, 2.05) is 6.07 Å². The monoisotopic (exact) mass is 507 g/mol. The van der Waals surface area contributed by atoms with Crippen molar-refractivity contribution < 1.29 is 22.7 Å². The van der Waals surface area contributed by atoms with Crippen LogP contribution in [0, 0.1) is 0 Å². The lowest BCUT2D eigenvalue weighted by molar-refractivity contribution is -0.137. The van der Waals surface area contributed by atoms with Crippen molar-refractivity contribution in [3.63, 3.8) is 0 Å². The van der Waals surface area contributed by atoms with E-state index < -0.39 is 23.5 Å². The molecule has 0 atom stereocenters. The van der Waals surface area contributed by atoms with Crippen molar-refractivity contribution in [2.45, 2.75) is 12.6 Å². The summed E-state index contributed by atoms with van der Waals surface area (Å²) in [6.07, 6.45) is -3.30. The number of nitrogens with zero attached hydrogens (tertiary/aromatic N) is 2. The van der Waals surface area contributed by atoms with E-state index in [0.29, 0.717) is 30.7 Å². The molecule has 32 heavy (non-hydrogen) atoms. The molecule has 3 aromatic rings. The van der Waals surface area contributed by atoms with Crippen LogP contribution in [0.25, 0.3) is 0 Å². The first-order valence-electron chi connectivity index (χ1n) is 9.51. The summed E-state index contributed by atoms with van der Waals surface area (Å²) < 4.78 is 47.4. The Balaban J connectivity index is 1.72. The van der Waals surface area contributed by atoms with Gasteiger partial charge in [-0.05, 0) is 24.3 Å². The maximum absolute atomic E-state index is 13.6. The van der Waals surface area contributed by atoms with Crippen molar-refractivity contribution >= 4 is 45.0 Å². The number of fused-ring (bicyclic) bond motifs is 1. The van der Waals surface area contributed by atoms with Crippen molar-refractivity contribution in [3.05, 3.63) is 63.8 Å². The number of nitrogens with one attached hydrogen (secondary N) is 3. The van der Waals surface area contributed by atoms with Crippen LogP contribution in [-0.2, 0) is 12.6 Å². The second-order valence-corrected chi connectivity index (χ2v) is 7.68. The summed E-state index contributed by atoms with van der Waals surface area (Å²) >= 11 is 3.46. The Bertz CT molecular complexity index is 1190. The molecule has 4 rings (SSSR count). The van der Waals surface area contributed by atoms with Crippen molar-refractivity contribution in [1.82, 2.24) is 15.3 Å². The summed E-state index contributed by atoms with van der Waals surface area (Å²) in [6, 6.07) is 9.75. The number of hydrogen-bond acceptors (Lipinski definition) is 6. The number of para-hydroxylation sites is 1. The van der Waals surface area contributed by atoms with Gasteiger partial charge in [-0.1, -0.05) is 28.1 Å². The number of alkyl halides is 3. The van der Waals surface area contributed by atoms with E-state index in [4.69, 9.17) is 4.74 Å². The molecule has 0 bridgehead atoms. The Kier molecular flexibility index (Phi) is 5.92. The highest BCUT2D eigenvalue weighted by molar-refractivity contribution is 9.10. The molecule has 0 saturated carbocycles. The summed E-state index contributed by atoms with van der Waals surface area (Å²) in [7, 11) is 1.44. The first-order valence-corrected chi connectivity index (χ1v) is 10.3. The summed E-state index contributed by atoms with van der Waals surface area (Å²) in [5, 5.41) is 8.03. The third-order valence-corrected chi connectivity index (χ3v) is 5.54. The second-order valence-electron chi connectivity index (χ2n) is 6.83. The number of carbonyl (C=O) groups excluding carboxylic acids is 1. The molecule has 166 valence electrons. The Hall–Kier alpha value is -3.34. The number of anilines is 4. The van der Waals surface area contributed by atoms with Gasteiger partial charge in [-0.2, -0.15) is 18.2 Å². The third kappa shape index (κ3) is 4.33. The summed E-state index contributed by atoms with van der Waals surface area (Å²) in [5.74, 6) is -0.391. The van der Waals surface area contributed by atoms with Gasteiger partial charge in [-0.3, -0.25) is 4.79 Å². The molecule has 0 saturated heterocycles. The number of benzene rings is 2. The van der Waals surface area contributed by atoms with E-state index >= 15 is 0 Å². The minimum Gasteiger partial charge on any atom is -0.491 e. The lowest BCUT2D eigenvalue weighted by Crippen LogP contribution is -2.20. The van der Waals surface area contributed by atoms with E-state index in [9.17, 15) is 18.0 Å². The molecule has 11 heteroatoms. The van der Waals surface area contributed by atoms with Crippen LogP contribution in [0.5, 0.6) is 5.75 Å². The second kappa shape index (κ2) is 8.65. The number of halogens is 4. The largest absolute Gasteiger partial charge is 0.491 e. The molecule has 0 spiro atoms. The number of amides is 1. The maximum Gasteiger partial charge on any atom is 0.421 e. The SMILES string of the molecule is CNC(=O)c1ccccc1Nc1nc(Nc2ccc(Br)c3c2OCC3)ncc1C(F)(F)F. The fourth-order valence-corrected chi connectivity index (χ4v) is 3.78. The summed E-state index contributed by atoms with van der Waals surface area (Å²) in [5.41, 5.74) is 0.786. The molecule has 1 amide bonds. The zero-order chi connectivity index (χ0) is 22.9. The van der Waals surface area contributed by atoms with Crippen LogP contribution >= 0.6 is 15.9 Å². The molecule has 1 aliphatic heterocycles. The molecule has 0 radical (unpaired) electrons. The molecular weight excluding hydrogens is 491 g/mol. The summed E-state index contributed by atoms with van der Waals surface area (Å²) in [6.45, 7) is 0.504. The fraction of sp³-hybridized carbons (Fsp3) is 0.190. The number of carbonyl (C=O) groups is 1. The van der Waals surface area contributed by atoms with Crippen LogP contribution in [0.2, 0.25) is 0 Å². The lowest BCUT2D eigenvalue weighted by Gasteiger charge is -2.17. The van der Waals surface area contributed by atoms with Gasteiger partial charge in [-0.15, -0.1) is 0 Å². The molecule has 0 fully saturated rings. The highest BCUT2D eigenvalue weighted by atomic mass is 79.9. The van der Waals surface area contributed by atoms with E-state index in [1.54, 1.807) is 18.2 Å². The first kappa shape index (κ1) is 21.9. The summed E-state index contributed by atoms with van der Waals surface area (Å²) in [4.78, 5) is 20.0. The standard InChI is InChI=1S/C21H17BrF3N5O2/c1-26-19(31)12-4-2-3-5-15(12)28-18-13(21(23,24)25)10-27-20(30-18)29-16-7-6-14(22)11-8-9-32-17(11)16/h2-7,10H,8-9H2,1H3,(H,26,31)(H2,27,28,29,30). The van der Waals surface area contributed by atoms with E-state index in [2.05, 4.69) is 41.8 Å². The Morgan fingerprint density at radius 1 is 1.12 bits per heavy atom. The van der Waals surface area contributed by atoms with Crippen molar-refractivity contribution in [1.29, 1.82) is 0 Å². The maximum atomic E-state index is 13.6. The van der Waals surface area contributed by atoms with Crippen molar-refractivity contribution in [2.75, 3.05) is 24.3 Å². The van der Waals surface area contributed by atoms with E-state index in [-0.39, 0.29) is 17.2 Å². The van der Waals surface area contributed by atoms with Crippen molar-refractivity contribution in [3.8, 4) is 5.75 Å². The molecule has 1 aliphatic rings. The average molecular weight is 508 g/mol.